The molecule has 3 nitrogen and oxygen atoms in total. The highest BCUT2D eigenvalue weighted by molar-refractivity contribution is 7.14. The van der Waals surface area contributed by atoms with Crippen molar-refractivity contribution in [3.05, 3.63) is 57.3 Å². The van der Waals surface area contributed by atoms with Gasteiger partial charge in [0.2, 0.25) is 0 Å². The van der Waals surface area contributed by atoms with Crippen LogP contribution in [0.4, 0.5) is 0 Å². The number of ether oxygens (including phenoxy) is 1. The third kappa shape index (κ3) is 3.22. The van der Waals surface area contributed by atoms with Crippen molar-refractivity contribution in [2.75, 3.05) is 6.61 Å². The van der Waals surface area contributed by atoms with Gasteiger partial charge in [0.1, 0.15) is 4.88 Å². The molecule has 0 saturated carbocycles. The van der Waals surface area contributed by atoms with E-state index in [1.807, 2.05) is 12.1 Å². The molecule has 0 aliphatic heterocycles. The van der Waals surface area contributed by atoms with Crippen LogP contribution in [0, 0.1) is 0 Å². The molecule has 1 aromatic carbocycles. The highest BCUT2D eigenvalue weighted by Crippen LogP contribution is 2.30. The van der Waals surface area contributed by atoms with Crippen molar-refractivity contribution in [3.8, 4) is 0 Å². The number of ketones is 1. The number of fused-ring (bicyclic) bond motifs is 1. The Morgan fingerprint density at radius 2 is 1.86 bits per heavy atom. The maximum atomic E-state index is 12.0. The van der Waals surface area contributed by atoms with Crippen molar-refractivity contribution >= 4 is 23.1 Å². The molecule has 0 spiro atoms. The number of aryl methyl sites for hydroxylation is 2. The summed E-state index contributed by atoms with van der Waals surface area (Å²) in [5.74, 6) is -0.566. The summed E-state index contributed by atoms with van der Waals surface area (Å²) in [5, 5.41) is 0. The normalized spacial score (nSPS) is 13.5. The van der Waals surface area contributed by atoms with Crippen LogP contribution in [-0.4, -0.2) is 18.4 Å². The Morgan fingerprint density at radius 3 is 2.62 bits per heavy atom. The van der Waals surface area contributed by atoms with E-state index in [4.69, 9.17) is 4.74 Å². The standard InChI is InChI=1S/C17H16O3S/c18-14(12-6-2-1-3-7-12)11-20-17(19)16-10-13-8-4-5-9-15(13)21-16/h1-3,6-7,10H,4-5,8-9,11H2. The second-order valence-electron chi connectivity index (χ2n) is 5.13. The molecule has 0 saturated heterocycles. The second-order valence-corrected chi connectivity index (χ2v) is 6.27. The van der Waals surface area contributed by atoms with Gasteiger partial charge >= 0.3 is 5.97 Å². The lowest BCUT2D eigenvalue weighted by molar-refractivity contribution is 0.0479. The molecule has 0 bridgehead atoms. The first kappa shape index (κ1) is 14.0. The Bertz CT molecular complexity index is 634. The van der Waals surface area contributed by atoms with E-state index < -0.39 is 5.97 Å². The molecule has 4 heteroatoms. The quantitative estimate of drug-likeness (QED) is 0.639. The van der Waals surface area contributed by atoms with E-state index in [0.29, 0.717) is 10.4 Å². The molecule has 0 N–H and O–H groups in total. The Kier molecular flexibility index (Phi) is 4.15. The third-order valence-electron chi connectivity index (χ3n) is 3.63. The van der Waals surface area contributed by atoms with Crippen LogP contribution in [0.15, 0.2) is 36.4 Å². The maximum Gasteiger partial charge on any atom is 0.348 e. The predicted molar refractivity (Wildman–Crippen MR) is 82.0 cm³/mol. The molecule has 1 aliphatic rings. The zero-order valence-electron chi connectivity index (χ0n) is 11.6. The number of Topliss-reactive ketones (excluding diaryl/α,β-unsaturated/α-hetero) is 1. The lowest BCUT2D eigenvalue weighted by Gasteiger charge is -2.08. The highest BCUT2D eigenvalue weighted by Gasteiger charge is 2.19. The number of carbonyl (C=O) groups excluding carboxylic acids is 2. The average Bonchev–Trinajstić information content (AvgIpc) is 2.97. The highest BCUT2D eigenvalue weighted by atomic mass is 32.1. The van der Waals surface area contributed by atoms with Crippen LogP contribution in [0.2, 0.25) is 0 Å². The van der Waals surface area contributed by atoms with E-state index in [9.17, 15) is 9.59 Å². The number of rotatable bonds is 4. The molecule has 2 aromatic rings. The van der Waals surface area contributed by atoms with Crippen LogP contribution in [0.25, 0.3) is 0 Å². The molecule has 3 rings (SSSR count). The minimum atomic E-state index is -0.390. The van der Waals surface area contributed by atoms with Gasteiger partial charge in [-0.1, -0.05) is 30.3 Å². The lowest BCUT2D eigenvalue weighted by atomic mass is 9.99. The molecule has 1 heterocycles. The fourth-order valence-corrected chi connectivity index (χ4v) is 3.65. The van der Waals surface area contributed by atoms with Gasteiger partial charge in [0, 0.05) is 10.4 Å². The van der Waals surface area contributed by atoms with Crippen LogP contribution in [-0.2, 0) is 17.6 Å². The van der Waals surface area contributed by atoms with Crippen molar-refractivity contribution in [2.24, 2.45) is 0 Å². The van der Waals surface area contributed by atoms with Gasteiger partial charge in [-0.3, -0.25) is 4.79 Å². The van der Waals surface area contributed by atoms with E-state index in [2.05, 4.69) is 0 Å². The molecular weight excluding hydrogens is 284 g/mol. The van der Waals surface area contributed by atoms with Crippen molar-refractivity contribution in [2.45, 2.75) is 25.7 Å². The van der Waals surface area contributed by atoms with E-state index >= 15 is 0 Å². The van der Waals surface area contributed by atoms with Crippen LogP contribution in [0.1, 0.15) is 43.3 Å². The topological polar surface area (TPSA) is 43.4 Å². The van der Waals surface area contributed by atoms with Crippen molar-refractivity contribution in [1.29, 1.82) is 0 Å². The first-order chi connectivity index (χ1) is 10.2. The molecule has 108 valence electrons. The molecule has 1 aliphatic carbocycles. The Labute approximate surface area is 127 Å². The van der Waals surface area contributed by atoms with Crippen molar-refractivity contribution in [3.63, 3.8) is 0 Å². The minimum Gasteiger partial charge on any atom is -0.453 e. The molecule has 0 radical (unpaired) electrons. The first-order valence-corrected chi connectivity index (χ1v) is 7.92. The smallest absolute Gasteiger partial charge is 0.348 e. The van der Waals surface area contributed by atoms with E-state index in [1.165, 1.54) is 34.6 Å². The fraction of sp³-hybridized carbons (Fsp3) is 0.294. The summed E-state index contributed by atoms with van der Waals surface area (Å²) in [6.07, 6.45) is 4.47. The van der Waals surface area contributed by atoms with Gasteiger partial charge in [0.15, 0.2) is 12.4 Å². The maximum absolute atomic E-state index is 12.0. The number of carbonyl (C=O) groups is 2. The summed E-state index contributed by atoms with van der Waals surface area (Å²) < 4.78 is 5.14. The van der Waals surface area contributed by atoms with E-state index in [-0.39, 0.29) is 12.4 Å². The minimum absolute atomic E-state index is 0.176. The number of thiophene rings is 1. The average molecular weight is 300 g/mol. The van der Waals surface area contributed by atoms with Crippen LogP contribution >= 0.6 is 11.3 Å². The summed E-state index contributed by atoms with van der Waals surface area (Å²) >= 11 is 1.51. The van der Waals surface area contributed by atoms with Gasteiger partial charge in [-0.25, -0.2) is 4.79 Å². The largest absolute Gasteiger partial charge is 0.453 e. The number of esters is 1. The predicted octanol–water partition coefficient (Wildman–Crippen LogP) is 3.67. The Hall–Kier alpha value is -1.94. The van der Waals surface area contributed by atoms with E-state index in [0.717, 1.165) is 12.8 Å². The molecule has 0 atom stereocenters. The van der Waals surface area contributed by atoms with Gasteiger partial charge in [0.05, 0.1) is 0 Å². The second kappa shape index (κ2) is 6.22. The molecule has 0 amide bonds. The Morgan fingerprint density at radius 1 is 1.10 bits per heavy atom. The van der Waals surface area contributed by atoms with Crippen molar-refractivity contribution in [1.82, 2.24) is 0 Å². The van der Waals surface area contributed by atoms with Crippen LogP contribution in [0.3, 0.4) is 0 Å². The third-order valence-corrected chi connectivity index (χ3v) is 4.85. The van der Waals surface area contributed by atoms with Gasteiger partial charge in [-0.2, -0.15) is 0 Å². The van der Waals surface area contributed by atoms with Gasteiger partial charge < -0.3 is 4.74 Å². The van der Waals surface area contributed by atoms with Crippen molar-refractivity contribution < 1.29 is 14.3 Å². The zero-order chi connectivity index (χ0) is 14.7. The van der Waals surface area contributed by atoms with Gasteiger partial charge in [0.25, 0.3) is 0 Å². The summed E-state index contributed by atoms with van der Waals surface area (Å²) in [7, 11) is 0. The first-order valence-electron chi connectivity index (χ1n) is 7.11. The molecule has 0 fully saturated rings. The van der Waals surface area contributed by atoms with Crippen LogP contribution < -0.4 is 0 Å². The summed E-state index contributed by atoms with van der Waals surface area (Å²) in [5.41, 5.74) is 1.84. The summed E-state index contributed by atoms with van der Waals surface area (Å²) in [6, 6.07) is 10.8. The van der Waals surface area contributed by atoms with E-state index in [1.54, 1.807) is 24.3 Å². The number of hydrogen-bond donors (Lipinski definition) is 0. The SMILES string of the molecule is O=C(COC(=O)c1cc2c(s1)CCCC2)c1ccccc1. The number of hydrogen-bond acceptors (Lipinski definition) is 4. The lowest BCUT2D eigenvalue weighted by Crippen LogP contribution is -2.13. The number of benzene rings is 1. The summed E-state index contributed by atoms with van der Waals surface area (Å²) in [4.78, 5) is 25.8. The summed E-state index contributed by atoms with van der Waals surface area (Å²) in [6.45, 7) is -0.203. The Balaban J connectivity index is 1.62. The zero-order valence-corrected chi connectivity index (χ0v) is 12.4. The monoisotopic (exact) mass is 300 g/mol. The molecule has 0 unspecified atom stereocenters. The molecule has 21 heavy (non-hydrogen) atoms. The molecular formula is C17H16O3S. The van der Waals surface area contributed by atoms with Crippen LogP contribution in [0.5, 0.6) is 0 Å². The van der Waals surface area contributed by atoms with Gasteiger partial charge in [-0.05, 0) is 37.3 Å². The van der Waals surface area contributed by atoms with Gasteiger partial charge in [-0.15, -0.1) is 11.3 Å². The molecule has 1 aromatic heterocycles. The fourth-order valence-electron chi connectivity index (χ4n) is 2.50.